The Morgan fingerprint density at radius 2 is 1.70 bits per heavy atom. The number of carbonyl (C=O) groups excluding carboxylic acids is 1. The average molecular weight is 263 g/mol. The molecule has 0 aromatic heterocycles. The Balaban J connectivity index is 2.22. The number of aryl methyl sites for hydroxylation is 1. The summed E-state index contributed by atoms with van der Waals surface area (Å²) >= 11 is 0. The van der Waals surface area contributed by atoms with Crippen molar-refractivity contribution in [3.8, 4) is 11.8 Å². The largest absolute Gasteiger partial charge is 0.304 e. The van der Waals surface area contributed by atoms with Crippen molar-refractivity contribution in [3.05, 3.63) is 65.2 Å². The number of anilines is 1. The number of carbonyl (C=O) groups is 1. The first kappa shape index (κ1) is 13.9. The topological polar surface area (TPSA) is 20.3 Å². The van der Waals surface area contributed by atoms with E-state index < -0.39 is 0 Å². The van der Waals surface area contributed by atoms with E-state index in [4.69, 9.17) is 0 Å². The highest BCUT2D eigenvalue weighted by Gasteiger charge is 2.11. The van der Waals surface area contributed by atoms with Crippen molar-refractivity contribution in [1.82, 2.24) is 0 Å². The van der Waals surface area contributed by atoms with E-state index in [-0.39, 0.29) is 5.91 Å². The normalized spacial score (nSPS) is 9.55. The lowest BCUT2D eigenvalue weighted by atomic mass is 10.1. The molecule has 0 aliphatic rings. The summed E-state index contributed by atoms with van der Waals surface area (Å²) in [7, 11) is 1.75. The first-order valence-electron chi connectivity index (χ1n) is 6.50. The third kappa shape index (κ3) is 3.07. The molecule has 0 unspecified atom stereocenters. The molecule has 20 heavy (non-hydrogen) atoms. The van der Waals surface area contributed by atoms with Crippen LogP contribution in [0.1, 0.15) is 16.7 Å². The SMILES string of the molecule is Cc1cccc(N(C)C(=O)C#Cc2ccccc2)c1C. The first-order valence-corrected chi connectivity index (χ1v) is 6.50. The van der Waals surface area contributed by atoms with Crippen molar-refractivity contribution >= 4 is 11.6 Å². The smallest absolute Gasteiger partial charge is 0.302 e. The van der Waals surface area contributed by atoms with Gasteiger partial charge in [0.2, 0.25) is 0 Å². The number of nitrogens with zero attached hydrogens (tertiary/aromatic N) is 1. The zero-order valence-corrected chi connectivity index (χ0v) is 12.0. The number of hydrogen-bond donors (Lipinski definition) is 0. The van der Waals surface area contributed by atoms with E-state index in [1.807, 2.05) is 62.4 Å². The van der Waals surface area contributed by atoms with Gasteiger partial charge in [0.25, 0.3) is 0 Å². The zero-order chi connectivity index (χ0) is 14.5. The number of hydrogen-bond acceptors (Lipinski definition) is 1. The Morgan fingerprint density at radius 1 is 1.00 bits per heavy atom. The van der Waals surface area contributed by atoms with Crippen LogP contribution >= 0.6 is 0 Å². The lowest BCUT2D eigenvalue weighted by Gasteiger charge is -2.17. The van der Waals surface area contributed by atoms with Gasteiger partial charge in [0.1, 0.15) is 0 Å². The monoisotopic (exact) mass is 263 g/mol. The summed E-state index contributed by atoms with van der Waals surface area (Å²) < 4.78 is 0. The molecule has 1 amide bonds. The van der Waals surface area contributed by atoms with Gasteiger partial charge < -0.3 is 4.90 Å². The minimum absolute atomic E-state index is 0.206. The van der Waals surface area contributed by atoms with Crippen molar-refractivity contribution in [2.75, 3.05) is 11.9 Å². The summed E-state index contributed by atoms with van der Waals surface area (Å²) in [5, 5.41) is 0. The minimum Gasteiger partial charge on any atom is -0.304 e. The molecule has 0 radical (unpaired) electrons. The van der Waals surface area contributed by atoms with Crippen LogP contribution < -0.4 is 4.90 Å². The van der Waals surface area contributed by atoms with Crippen molar-refractivity contribution in [2.45, 2.75) is 13.8 Å². The molecule has 0 heterocycles. The summed E-state index contributed by atoms with van der Waals surface area (Å²) in [5.74, 6) is 5.36. The summed E-state index contributed by atoms with van der Waals surface area (Å²) in [5.41, 5.74) is 4.01. The van der Waals surface area contributed by atoms with Gasteiger partial charge in [-0.1, -0.05) is 36.3 Å². The lowest BCUT2D eigenvalue weighted by Crippen LogP contribution is -2.25. The Bertz CT molecular complexity index is 678. The minimum atomic E-state index is -0.206. The number of amides is 1. The van der Waals surface area contributed by atoms with Gasteiger partial charge in [0.05, 0.1) is 0 Å². The van der Waals surface area contributed by atoms with E-state index in [0.717, 1.165) is 22.4 Å². The van der Waals surface area contributed by atoms with Crippen molar-refractivity contribution in [2.24, 2.45) is 0 Å². The van der Waals surface area contributed by atoms with Gasteiger partial charge in [-0.05, 0) is 43.2 Å². The van der Waals surface area contributed by atoms with Gasteiger partial charge in [0, 0.05) is 24.2 Å². The van der Waals surface area contributed by atoms with Crippen LogP contribution in [0.2, 0.25) is 0 Å². The molecule has 0 saturated heterocycles. The summed E-state index contributed by atoms with van der Waals surface area (Å²) in [6.45, 7) is 4.05. The number of rotatable bonds is 1. The van der Waals surface area contributed by atoms with E-state index in [1.165, 1.54) is 0 Å². The quantitative estimate of drug-likeness (QED) is 0.723. The standard InChI is InChI=1S/C18H17NO/c1-14-8-7-11-17(15(14)2)19(3)18(20)13-12-16-9-5-4-6-10-16/h4-11H,1-3H3. The molecule has 2 aromatic rings. The molecule has 2 heteroatoms. The Hall–Kier alpha value is -2.53. The van der Waals surface area contributed by atoms with Crippen LogP contribution in [0.3, 0.4) is 0 Å². The fourth-order valence-corrected chi connectivity index (χ4v) is 1.94. The molecular formula is C18H17NO. The lowest BCUT2D eigenvalue weighted by molar-refractivity contribution is -0.113. The van der Waals surface area contributed by atoms with Crippen LogP contribution in [0.5, 0.6) is 0 Å². The Morgan fingerprint density at radius 3 is 2.40 bits per heavy atom. The third-order valence-electron chi connectivity index (χ3n) is 3.33. The van der Waals surface area contributed by atoms with Crippen molar-refractivity contribution < 1.29 is 4.79 Å². The second-order valence-electron chi connectivity index (χ2n) is 4.70. The highest BCUT2D eigenvalue weighted by Crippen LogP contribution is 2.21. The number of benzene rings is 2. The second-order valence-corrected chi connectivity index (χ2v) is 4.70. The molecule has 0 bridgehead atoms. The highest BCUT2D eigenvalue weighted by molar-refractivity contribution is 6.06. The molecule has 0 N–H and O–H groups in total. The molecule has 0 fully saturated rings. The van der Waals surface area contributed by atoms with Crippen LogP contribution in [-0.4, -0.2) is 13.0 Å². The fraction of sp³-hybridized carbons (Fsp3) is 0.167. The maximum Gasteiger partial charge on any atom is 0.302 e. The van der Waals surface area contributed by atoms with Crippen LogP contribution in [0.15, 0.2) is 48.5 Å². The van der Waals surface area contributed by atoms with E-state index in [9.17, 15) is 4.79 Å². The van der Waals surface area contributed by atoms with Crippen LogP contribution in [0.4, 0.5) is 5.69 Å². The van der Waals surface area contributed by atoms with Crippen LogP contribution in [0, 0.1) is 25.7 Å². The molecule has 0 saturated carbocycles. The van der Waals surface area contributed by atoms with Gasteiger partial charge in [0.15, 0.2) is 0 Å². The zero-order valence-electron chi connectivity index (χ0n) is 12.0. The maximum atomic E-state index is 12.1. The molecular weight excluding hydrogens is 246 g/mol. The van der Waals surface area contributed by atoms with Gasteiger partial charge in [-0.3, -0.25) is 4.79 Å². The maximum absolute atomic E-state index is 12.1. The summed E-state index contributed by atoms with van der Waals surface area (Å²) in [6.07, 6.45) is 0. The van der Waals surface area contributed by atoms with E-state index >= 15 is 0 Å². The molecule has 2 aromatic carbocycles. The summed E-state index contributed by atoms with van der Waals surface area (Å²) in [6, 6.07) is 15.4. The van der Waals surface area contributed by atoms with Gasteiger partial charge in [-0.25, -0.2) is 0 Å². The predicted octanol–water partition coefficient (Wildman–Crippen LogP) is 3.32. The summed E-state index contributed by atoms with van der Waals surface area (Å²) in [4.78, 5) is 13.7. The van der Waals surface area contributed by atoms with Gasteiger partial charge in [-0.2, -0.15) is 0 Å². The predicted molar refractivity (Wildman–Crippen MR) is 82.6 cm³/mol. The molecule has 0 aliphatic carbocycles. The average Bonchev–Trinajstić information content (AvgIpc) is 2.48. The molecule has 0 aliphatic heterocycles. The Labute approximate surface area is 120 Å². The molecule has 2 rings (SSSR count). The van der Waals surface area contributed by atoms with Gasteiger partial charge >= 0.3 is 5.91 Å². The molecule has 0 atom stereocenters. The molecule has 0 spiro atoms. The molecule has 100 valence electrons. The van der Waals surface area contributed by atoms with Crippen molar-refractivity contribution in [3.63, 3.8) is 0 Å². The highest BCUT2D eigenvalue weighted by atomic mass is 16.2. The first-order chi connectivity index (χ1) is 9.59. The molecule has 2 nitrogen and oxygen atoms in total. The van der Waals surface area contributed by atoms with Gasteiger partial charge in [-0.15, -0.1) is 0 Å². The fourth-order valence-electron chi connectivity index (χ4n) is 1.94. The van der Waals surface area contributed by atoms with E-state index in [0.29, 0.717) is 0 Å². The van der Waals surface area contributed by atoms with E-state index in [2.05, 4.69) is 11.8 Å². The van der Waals surface area contributed by atoms with E-state index in [1.54, 1.807) is 11.9 Å². The van der Waals surface area contributed by atoms with Crippen molar-refractivity contribution in [1.29, 1.82) is 0 Å². The van der Waals surface area contributed by atoms with Crippen LogP contribution in [0.25, 0.3) is 0 Å². The Kier molecular flexibility index (Phi) is 4.22. The third-order valence-corrected chi connectivity index (χ3v) is 3.33. The van der Waals surface area contributed by atoms with Crippen LogP contribution in [-0.2, 0) is 4.79 Å². The second kappa shape index (κ2) is 6.08.